The number of thiazole rings is 1. The first kappa shape index (κ1) is 17.5. The van der Waals surface area contributed by atoms with Crippen LogP contribution in [0.3, 0.4) is 0 Å². The molecule has 0 radical (unpaired) electrons. The summed E-state index contributed by atoms with van der Waals surface area (Å²) < 4.78 is 42.8. The van der Waals surface area contributed by atoms with Gasteiger partial charge in [-0.2, -0.15) is 13.2 Å². The molecule has 9 heteroatoms. The molecule has 0 saturated heterocycles. The van der Waals surface area contributed by atoms with Crippen LogP contribution in [0.1, 0.15) is 47.1 Å². The highest BCUT2D eigenvalue weighted by Gasteiger charge is 2.34. The topological polar surface area (TPSA) is 68.0 Å². The van der Waals surface area contributed by atoms with Gasteiger partial charge in [-0.05, 0) is 20.3 Å². The Morgan fingerprint density at radius 3 is 2.61 bits per heavy atom. The summed E-state index contributed by atoms with van der Waals surface area (Å²) in [5.41, 5.74) is 0.377. The SMILES string of the molecule is CC[C@@H](NC(=O)Cc1c(C)noc1C)c1nc(C(F)(F)F)cs1. The first-order valence-corrected chi connectivity index (χ1v) is 7.84. The monoisotopic (exact) mass is 347 g/mol. The number of halogens is 3. The normalized spacial score (nSPS) is 13.1. The summed E-state index contributed by atoms with van der Waals surface area (Å²) in [4.78, 5) is 15.7. The molecule has 126 valence electrons. The third-order valence-electron chi connectivity index (χ3n) is 3.37. The maximum Gasteiger partial charge on any atom is 0.434 e. The fourth-order valence-electron chi connectivity index (χ4n) is 2.08. The zero-order chi connectivity index (χ0) is 17.2. The van der Waals surface area contributed by atoms with Crippen molar-refractivity contribution in [1.82, 2.24) is 15.5 Å². The second-order valence-corrected chi connectivity index (χ2v) is 5.97. The van der Waals surface area contributed by atoms with E-state index in [1.807, 2.05) is 0 Å². The molecule has 2 aromatic heterocycles. The lowest BCUT2D eigenvalue weighted by atomic mass is 10.1. The minimum absolute atomic E-state index is 0.0647. The molecule has 1 atom stereocenters. The van der Waals surface area contributed by atoms with Crippen LogP contribution in [0.4, 0.5) is 13.2 Å². The highest BCUT2D eigenvalue weighted by atomic mass is 32.1. The minimum Gasteiger partial charge on any atom is -0.361 e. The largest absolute Gasteiger partial charge is 0.434 e. The van der Waals surface area contributed by atoms with Gasteiger partial charge in [0.2, 0.25) is 5.91 Å². The fraction of sp³-hybridized carbons (Fsp3) is 0.500. The summed E-state index contributed by atoms with van der Waals surface area (Å²) in [6, 6.07) is -0.552. The van der Waals surface area contributed by atoms with Gasteiger partial charge in [-0.1, -0.05) is 12.1 Å². The Balaban J connectivity index is 2.07. The maximum absolute atomic E-state index is 12.6. The summed E-state index contributed by atoms with van der Waals surface area (Å²) in [5.74, 6) is 0.245. The van der Waals surface area contributed by atoms with Crippen LogP contribution >= 0.6 is 11.3 Å². The lowest BCUT2D eigenvalue weighted by molar-refractivity contribution is -0.140. The first-order valence-electron chi connectivity index (χ1n) is 6.96. The van der Waals surface area contributed by atoms with Crippen molar-refractivity contribution in [3.05, 3.63) is 33.1 Å². The summed E-state index contributed by atoms with van der Waals surface area (Å²) in [6.45, 7) is 5.21. The lowest BCUT2D eigenvalue weighted by Crippen LogP contribution is -2.29. The van der Waals surface area contributed by atoms with Crippen LogP contribution in [-0.4, -0.2) is 16.0 Å². The first-order chi connectivity index (χ1) is 10.7. The molecular weight excluding hydrogens is 331 g/mol. The molecule has 0 bridgehead atoms. The number of aromatic nitrogens is 2. The van der Waals surface area contributed by atoms with E-state index >= 15 is 0 Å². The van der Waals surface area contributed by atoms with Gasteiger partial charge in [-0.25, -0.2) is 4.98 Å². The third kappa shape index (κ3) is 4.10. The zero-order valence-electron chi connectivity index (χ0n) is 12.8. The quantitative estimate of drug-likeness (QED) is 0.898. The van der Waals surface area contributed by atoms with Gasteiger partial charge in [0.15, 0.2) is 5.69 Å². The average Bonchev–Trinajstić information content (AvgIpc) is 3.07. The Bertz CT molecular complexity index is 674. The molecule has 0 spiro atoms. The molecule has 1 amide bonds. The van der Waals surface area contributed by atoms with Crippen LogP contribution in [0.25, 0.3) is 0 Å². The number of alkyl halides is 3. The van der Waals surface area contributed by atoms with Crippen molar-refractivity contribution >= 4 is 17.2 Å². The number of carbonyl (C=O) groups is 1. The van der Waals surface area contributed by atoms with Gasteiger partial charge in [0, 0.05) is 10.9 Å². The van der Waals surface area contributed by atoms with E-state index < -0.39 is 17.9 Å². The van der Waals surface area contributed by atoms with E-state index in [9.17, 15) is 18.0 Å². The number of nitrogens with zero attached hydrogens (tertiary/aromatic N) is 2. The van der Waals surface area contributed by atoms with E-state index in [0.717, 1.165) is 16.7 Å². The van der Waals surface area contributed by atoms with Gasteiger partial charge >= 0.3 is 6.18 Å². The van der Waals surface area contributed by atoms with Gasteiger partial charge in [0.25, 0.3) is 0 Å². The highest BCUT2D eigenvalue weighted by Crippen LogP contribution is 2.32. The van der Waals surface area contributed by atoms with E-state index in [4.69, 9.17) is 4.52 Å². The molecule has 2 aromatic rings. The van der Waals surface area contributed by atoms with E-state index in [0.29, 0.717) is 23.4 Å². The van der Waals surface area contributed by atoms with Crippen LogP contribution in [0, 0.1) is 13.8 Å². The Hall–Kier alpha value is -1.90. The van der Waals surface area contributed by atoms with E-state index in [2.05, 4.69) is 15.5 Å². The Morgan fingerprint density at radius 1 is 1.43 bits per heavy atom. The van der Waals surface area contributed by atoms with E-state index in [1.165, 1.54) is 0 Å². The molecule has 0 unspecified atom stereocenters. The molecule has 0 aliphatic heterocycles. The number of carbonyl (C=O) groups excluding carboxylic acids is 1. The van der Waals surface area contributed by atoms with E-state index in [-0.39, 0.29) is 17.3 Å². The van der Waals surface area contributed by atoms with Gasteiger partial charge in [-0.3, -0.25) is 4.79 Å². The second kappa shape index (κ2) is 6.69. The van der Waals surface area contributed by atoms with Crippen molar-refractivity contribution in [2.75, 3.05) is 0 Å². The molecule has 1 N–H and O–H groups in total. The molecule has 2 rings (SSSR count). The molecule has 0 saturated carbocycles. The Labute approximate surface area is 134 Å². The van der Waals surface area contributed by atoms with E-state index in [1.54, 1.807) is 20.8 Å². The molecule has 0 fully saturated rings. The molecule has 0 aliphatic carbocycles. The van der Waals surface area contributed by atoms with Crippen LogP contribution in [0.2, 0.25) is 0 Å². The number of hydrogen-bond acceptors (Lipinski definition) is 5. The number of hydrogen-bond donors (Lipinski definition) is 1. The van der Waals surface area contributed by atoms with Gasteiger partial charge in [0.1, 0.15) is 10.8 Å². The van der Waals surface area contributed by atoms with Crippen LogP contribution in [0.15, 0.2) is 9.90 Å². The van der Waals surface area contributed by atoms with Crippen molar-refractivity contribution in [2.24, 2.45) is 0 Å². The molecule has 0 aliphatic rings. The number of aryl methyl sites for hydroxylation is 2. The second-order valence-electron chi connectivity index (χ2n) is 5.08. The average molecular weight is 347 g/mol. The van der Waals surface area contributed by atoms with Crippen LogP contribution in [0.5, 0.6) is 0 Å². The number of nitrogens with one attached hydrogen (secondary N) is 1. The van der Waals surface area contributed by atoms with Crippen molar-refractivity contribution in [2.45, 2.75) is 45.8 Å². The van der Waals surface area contributed by atoms with Crippen LogP contribution < -0.4 is 5.32 Å². The molecule has 0 aromatic carbocycles. The molecule has 5 nitrogen and oxygen atoms in total. The van der Waals surface area contributed by atoms with Crippen molar-refractivity contribution in [3.63, 3.8) is 0 Å². The predicted octanol–water partition coefficient (Wildman–Crippen LogP) is 3.58. The number of rotatable bonds is 5. The smallest absolute Gasteiger partial charge is 0.361 e. The number of amides is 1. The van der Waals surface area contributed by atoms with Gasteiger partial charge in [-0.15, -0.1) is 11.3 Å². The lowest BCUT2D eigenvalue weighted by Gasteiger charge is -2.14. The van der Waals surface area contributed by atoms with Crippen molar-refractivity contribution < 1.29 is 22.5 Å². The molecule has 2 heterocycles. The molecular formula is C14H16F3N3O2S. The third-order valence-corrected chi connectivity index (χ3v) is 4.33. The summed E-state index contributed by atoms with van der Waals surface area (Å²) in [7, 11) is 0. The Kier molecular flexibility index (Phi) is 5.08. The predicted molar refractivity (Wildman–Crippen MR) is 78.0 cm³/mol. The molecule has 23 heavy (non-hydrogen) atoms. The fourth-order valence-corrected chi connectivity index (χ4v) is 3.04. The van der Waals surface area contributed by atoms with Gasteiger partial charge in [0.05, 0.1) is 18.2 Å². The standard InChI is InChI=1S/C14H16F3N3O2S/c1-4-10(13-19-11(6-23-13)14(15,16)17)18-12(21)5-9-7(2)20-22-8(9)3/h6,10H,4-5H2,1-3H3,(H,18,21)/t10-/m1/s1. The zero-order valence-corrected chi connectivity index (χ0v) is 13.6. The maximum atomic E-state index is 12.6. The van der Waals surface area contributed by atoms with Gasteiger partial charge < -0.3 is 9.84 Å². The highest BCUT2D eigenvalue weighted by molar-refractivity contribution is 7.09. The summed E-state index contributed by atoms with van der Waals surface area (Å²) in [5, 5.41) is 7.68. The minimum atomic E-state index is -4.48. The summed E-state index contributed by atoms with van der Waals surface area (Å²) in [6.07, 6.45) is -3.97. The Morgan fingerprint density at radius 2 is 2.13 bits per heavy atom. The van der Waals surface area contributed by atoms with Crippen molar-refractivity contribution in [3.8, 4) is 0 Å². The van der Waals surface area contributed by atoms with Crippen molar-refractivity contribution in [1.29, 1.82) is 0 Å². The van der Waals surface area contributed by atoms with Crippen LogP contribution in [-0.2, 0) is 17.4 Å². The summed E-state index contributed by atoms with van der Waals surface area (Å²) >= 11 is 0.889.